The highest BCUT2D eigenvalue weighted by atomic mass is 32.2. The molecule has 34 heavy (non-hydrogen) atoms. The van der Waals surface area contributed by atoms with E-state index in [-0.39, 0.29) is 22.6 Å². The fraction of sp³-hybridized carbons (Fsp3) is 0.261. The number of carbonyl (C=O) groups is 1. The summed E-state index contributed by atoms with van der Waals surface area (Å²) in [5.41, 5.74) is 1.08. The molecule has 0 unspecified atom stereocenters. The van der Waals surface area contributed by atoms with Crippen molar-refractivity contribution in [2.24, 2.45) is 0 Å². The normalized spacial score (nSPS) is 11.6. The molecule has 1 N–H and O–H groups in total. The van der Waals surface area contributed by atoms with Crippen LogP contribution in [0.1, 0.15) is 21.5 Å². The first-order valence-electron chi connectivity index (χ1n) is 9.73. The highest BCUT2D eigenvalue weighted by Gasteiger charge is 2.29. The number of halogens is 3. The second-order valence-corrected chi connectivity index (χ2v) is 10.1. The average Bonchev–Trinajstić information content (AvgIpc) is 3.15. The lowest BCUT2D eigenvalue weighted by Crippen LogP contribution is -2.11. The number of thiophene rings is 1. The standard InChI is InChI=1S/C23H20F3NO5S2/c1-31-20-11-16(34(3,29)30)6-7-19(20)27-8-4-5-14-9-17-15(12-23(24,25)26)13-33-21(17)18(10-14)22(28)32-2/h6-7,9-11,13,27H,8,12H2,1-3H3. The molecule has 0 saturated heterocycles. The van der Waals surface area contributed by atoms with E-state index in [1.165, 1.54) is 43.9 Å². The Bertz CT molecular complexity index is 1400. The van der Waals surface area contributed by atoms with Gasteiger partial charge in [0, 0.05) is 22.6 Å². The number of esters is 1. The number of carbonyl (C=O) groups excluding carboxylic acids is 1. The van der Waals surface area contributed by atoms with E-state index in [1.807, 2.05) is 0 Å². The van der Waals surface area contributed by atoms with E-state index >= 15 is 0 Å². The number of rotatable bonds is 6. The van der Waals surface area contributed by atoms with Crippen molar-refractivity contribution in [3.8, 4) is 17.6 Å². The lowest BCUT2D eigenvalue weighted by Gasteiger charge is -2.10. The van der Waals surface area contributed by atoms with Gasteiger partial charge in [0.2, 0.25) is 0 Å². The molecule has 0 fully saturated rings. The molecule has 0 amide bonds. The molecule has 3 rings (SSSR count). The van der Waals surface area contributed by atoms with E-state index < -0.39 is 28.4 Å². The monoisotopic (exact) mass is 511 g/mol. The SMILES string of the molecule is COC(=O)c1cc(C#CCNc2ccc(S(C)(=O)=O)cc2OC)cc2c(CC(F)(F)F)csc12. The number of fused-ring (bicyclic) bond motifs is 1. The fourth-order valence-corrected chi connectivity index (χ4v) is 4.90. The number of benzene rings is 2. The molecule has 0 aliphatic carbocycles. The first-order chi connectivity index (χ1) is 15.9. The minimum absolute atomic E-state index is 0.0649. The van der Waals surface area contributed by atoms with Gasteiger partial charge >= 0.3 is 12.1 Å². The summed E-state index contributed by atoms with van der Waals surface area (Å²) in [4.78, 5) is 12.3. The minimum Gasteiger partial charge on any atom is -0.495 e. The van der Waals surface area contributed by atoms with Crippen LogP contribution in [-0.4, -0.2) is 47.6 Å². The number of hydrogen-bond acceptors (Lipinski definition) is 7. The van der Waals surface area contributed by atoms with Crippen LogP contribution >= 0.6 is 11.3 Å². The van der Waals surface area contributed by atoms with Crippen molar-refractivity contribution < 1.29 is 35.9 Å². The highest BCUT2D eigenvalue weighted by molar-refractivity contribution is 7.90. The molecule has 6 nitrogen and oxygen atoms in total. The Kier molecular flexibility index (Phi) is 7.43. The number of ether oxygens (including phenoxy) is 2. The molecular weight excluding hydrogens is 491 g/mol. The number of sulfone groups is 1. The van der Waals surface area contributed by atoms with Crippen molar-refractivity contribution in [2.75, 3.05) is 32.3 Å². The van der Waals surface area contributed by atoms with Gasteiger partial charge in [0.15, 0.2) is 9.84 Å². The molecule has 3 aromatic rings. The maximum Gasteiger partial charge on any atom is 0.393 e. The van der Waals surface area contributed by atoms with Crippen molar-refractivity contribution in [2.45, 2.75) is 17.5 Å². The van der Waals surface area contributed by atoms with Crippen LogP contribution in [0.4, 0.5) is 18.9 Å². The van der Waals surface area contributed by atoms with Gasteiger partial charge in [0.1, 0.15) is 5.75 Å². The van der Waals surface area contributed by atoms with Gasteiger partial charge in [-0.05, 0) is 40.6 Å². The van der Waals surface area contributed by atoms with Crippen LogP contribution < -0.4 is 10.1 Å². The molecule has 1 heterocycles. The number of nitrogens with one attached hydrogen (secondary N) is 1. The van der Waals surface area contributed by atoms with Crippen LogP contribution in [0.3, 0.4) is 0 Å². The van der Waals surface area contributed by atoms with Crippen molar-refractivity contribution in [1.82, 2.24) is 0 Å². The lowest BCUT2D eigenvalue weighted by atomic mass is 10.0. The van der Waals surface area contributed by atoms with Gasteiger partial charge in [0.25, 0.3) is 0 Å². The zero-order chi connectivity index (χ0) is 25.1. The molecule has 0 aliphatic rings. The Balaban J connectivity index is 1.89. The number of hydrogen-bond donors (Lipinski definition) is 1. The molecule has 0 saturated carbocycles. The van der Waals surface area contributed by atoms with Crippen molar-refractivity contribution in [1.29, 1.82) is 0 Å². The van der Waals surface area contributed by atoms with Crippen LogP contribution in [0.25, 0.3) is 10.1 Å². The number of alkyl halides is 3. The summed E-state index contributed by atoms with van der Waals surface area (Å²) >= 11 is 1.05. The van der Waals surface area contributed by atoms with Gasteiger partial charge in [0.05, 0.1) is 43.3 Å². The second kappa shape index (κ2) is 9.95. The van der Waals surface area contributed by atoms with Crippen LogP contribution in [0.5, 0.6) is 5.75 Å². The third-order valence-electron chi connectivity index (χ3n) is 4.75. The lowest BCUT2D eigenvalue weighted by molar-refractivity contribution is -0.126. The largest absolute Gasteiger partial charge is 0.495 e. The van der Waals surface area contributed by atoms with Crippen LogP contribution in [0, 0.1) is 11.8 Å². The molecule has 2 aromatic carbocycles. The third-order valence-corrected chi connectivity index (χ3v) is 6.94. The Hall–Kier alpha value is -3.23. The highest BCUT2D eigenvalue weighted by Crippen LogP contribution is 2.34. The zero-order valence-electron chi connectivity index (χ0n) is 18.4. The van der Waals surface area contributed by atoms with E-state index in [0.717, 1.165) is 17.6 Å². The van der Waals surface area contributed by atoms with Gasteiger partial charge in [-0.15, -0.1) is 11.3 Å². The second-order valence-electron chi connectivity index (χ2n) is 7.23. The molecule has 0 atom stereocenters. The molecule has 0 spiro atoms. The Morgan fingerprint density at radius 2 is 1.91 bits per heavy atom. The zero-order valence-corrected chi connectivity index (χ0v) is 20.0. The fourth-order valence-electron chi connectivity index (χ4n) is 3.21. The molecule has 0 radical (unpaired) electrons. The number of methoxy groups -OCH3 is 2. The van der Waals surface area contributed by atoms with E-state index in [4.69, 9.17) is 9.47 Å². The quantitative estimate of drug-likeness (QED) is 0.383. The molecule has 1 aromatic heterocycles. The van der Waals surface area contributed by atoms with E-state index in [1.54, 1.807) is 6.07 Å². The van der Waals surface area contributed by atoms with Crippen molar-refractivity contribution in [3.63, 3.8) is 0 Å². The van der Waals surface area contributed by atoms with Gasteiger partial charge < -0.3 is 14.8 Å². The number of anilines is 1. The first kappa shape index (κ1) is 25.4. The molecule has 0 aliphatic heterocycles. The van der Waals surface area contributed by atoms with E-state index in [0.29, 0.717) is 27.1 Å². The summed E-state index contributed by atoms with van der Waals surface area (Å²) in [7, 11) is -0.797. The Labute approximate surface area is 198 Å². The average molecular weight is 512 g/mol. The maximum absolute atomic E-state index is 13.0. The van der Waals surface area contributed by atoms with Gasteiger partial charge in [-0.2, -0.15) is 13.2 Å². The van der Waals surface area contributed by atoms with Gasteiger partial charge in [-0.3, -0.25) is 0 Å². The third kappa shape index (κ3) is 6.01. The van der Waals surface area contributed by atoms with Crippen LogP contribution in [0.2, 0.25) is 0 Å². The molecule has 0 bridgehead atoms. The van der Waals surface area contributed by atoms with E-state index in [2.05, 4.69) is 17.2 Å². The molecular formula is C23H20F3NO5S2. The maximum atomic E-state index is 13.0. The van der Waals surface area contributed by atoms with Crippen molar-refractivity contribution in [3.05, 3.63) is 52.4 Å². The van der Waals surface area contributed by atoms with Crippen LogP contribution in [-0.2, 0) is 21.0 Å². The Morgan fingerprint density at radius 3 is 2.53 bits per heavy atom. The summed E-state index contributed by atoms with van der Waals surface area (Å²) in [6.07, 6.45) is -4.42. The Morgan fingerprint density at radius 1 is 1.18 bits per heavy atom. The topological polar surface area (TPSA) is 81.7 Å². The summed E-state index contributed by atoms with van der Waals surface area (Å²) in [6, 6.07) is 7.38. The molecule has 180 valence electrons. The predicted molar refractivity (Wildman–Crippen MR) is 124 cm³/mol. The molecule has 11 heteroatoms. The first-order valence-corrected chi connectivity index (χ1v) is 12.5. The van der Waals surface area contributed by atoms with Gasteiger partial charge in [-0.25, -0.2) is 13.2 Å². The smallest absolute Gasteiger partial charge is 0.393 e. The van der Waals surface area contributed by atoms with E-state index in [9.17, 15) is 26.4 Å². The summed E-state index contributed by atoms with van der Waals surface area (Å²) in [5, 5.41) is 4.70. The predicted octanol–water partition coefficient (Wildman–Crippen LogP) is 4.67. The van der Waals surface area contributed by atoms with Crippen molar-refractivity contribution >= 4 is 42.9 Å². The van der Waals surface area contributed by atoms with Gasteiger partial charge in [-0.1, -0.05) is 11.8 Å². The summed E-state index contributed by atoms with van der Waals surface area (Å²) < 4.78 is 72.7. The minimum atomic E-state index is -4.39. The summed E-state index contributed by atoms with van der Waals surface area (Å²) in [5.74, 6) is 5.35. The summed E-state index contributed by atoms with van der Waals surface area (Å²) in [6.45, 7) is 0.124. The van der Waals surface area contributed by atoms with Crippen LogP contribution in [0.15, 0.2) is 40.6 Å².